The van der Waals surface area contributed by atoms with Crippen LogP contribution in [0.3, 0.4) is 0 Å². The van der Waals surface area contributed by atoms with Crippen LogP contribution in [-0.2, 0) is 0 Å². The van der Waals surface area contributed by atoms with Gasteiger partial charge in [0, 0.05) is 10.5 Å². The highest BCUT2D eigenvalue weighted by molar-refractivity contribution is 7.90. The lowest BCUT2D eigenvalue weighted by atomic mass is 10.1. The number of hydrogen-bond donors (Lipinski definition) is 1. The van der Waals surface area contributed by atoms with Crippen molar-refractivity contribution in [2.75, 3.05) is 0 Å². The van der Waals surface area contributed by atoms with Gasteiger partial charge in [0.15, 0.2) is 5.78 Å². The molecular weight excluding hydrogens is 228 g/mol. The molecule has 0 fully saturated rings. The molecule has 2 rings (SSSR count). The van der Waals surface area contributed by atoms with Crippen LogP contribution in [0.1, 0.15) is 15.9 Å². The zero-order valence-corrected chi connectivity index (χ0v) is 10.1. The molecular formula is C15H12OS. The first kappa shape index (κ1) is 11.7. The van der Waals surface area contributed by atoms with Gasteiger partial charge in [-0.05, 0) is 11.6 Å². The van der Waals surface area contributed by atoms with Crippen molar-refractivity contribution in [1.82, 2.24) is 0 Å². The van der Waals surface area contributed by atoms with E-state index in [2.05, 4.69) is 12.6 Å². The molecule has 2 heteroatoms. The molecule has 0 aromatic heterocycles. The molecule has 1 nitrogen and oxygen atoms in total. The van der Waals surface area contributed by atoms with E-state index in [0.717, 1.165) is 5.56 Å². The molecule has 0 radical (unpaired) electrons. The Kier molecular flexibility index (Phi) is 3.78. The van der Waals surface area contributed by atoms with Crippen LogP contribution in [0, 0.1) is 0 Å². The minimum atomic E-state index is -0.0283. The number of ketones is 1. The zero-order valence-electron chi connectivity index (χ0n) is 9.21. The molecule has 0 atom stereocenters. The maximum atomic E-state index is 11.9. The maximum Gasteiger partial charge on any atom is 0.186 e. The molecule has 0 saturated carbocycles. The van der Waals surface area contributed by atoms with Gasteiger partial charge in [0.25, 0.3) is 0 Å². The fourth-order valence-corrected chi connectivity index (χ4v) is 1.77. The van der Waals surface area contributed by atoms with Crippen LogP contribution in [0.25, 0.3) is 4.91 Å². The van der Waals surface area contributed by atoms with E-state index in [9.17, 15) is 4.79 Å². The number of allylic oxidation sites excluding steroid dienone is 1. The summed E-state index contributed by atoms with van der Waals surface area (Å²) in [5.74, 6) is -0.0283. The molecule has 0 heterocycles. The van der Waals surface area contributed by atoms with Crippen molar-refractivity contribution < 1.29 is 4.79 Å². The standard InChI is InChI=1S/C15H12OS/c16-14(12-7-3-1-4-8-12)11-15(17)13-9-5-2-6-10-13/h1-11,17H/b15-11+. The number of carbonyl (C=O) groups is 1. The van der Waals surface area contributed by atoms with Crippen molar-refractivity contribution in [2.45, 2.75) is 0 Å². The Morgan fingerprint density at radius 1 is 0.824 bits per heavy atom. The number of carbonyl (C=O) groups excluding carboxylic acids is 1. The Balaban J connectivity index is 2.24. The molecule has 0 saturated heterocycles. The number of benzene rings is 2. The second-order valence-electron chi connectivity index (χ2n) is 3.63. The molecule has 17 heavy (non-hydrogen) atoms. The molecule has 0 aliphatic heterocycles. The third kappa shape index (κ3) is 3.08. The highest BCUT2D eigenvalue weighted by Gasteiger charge is 2.03. The summed E-state index contributed by atoms with van der Waals surface area (Å²) in [7, 11) is 0. The molecule has 2 aromatic carbocycles. The summed E-state index contributed by atoms with van der Waals surface area (Å²) < 4.78 is 0. The second kappa shape index (κ2) is 5.51. The number of thiol groups is 1. The van der Waals surface area contributed by atoms with Crippen molar-refractivity contribution in [1.29, 1.82) is 0 Å². The van der Waals surface area contributed by atoms with Gasteiger partial charge in [0.2, 0.25) is 0 Å². The number of rotatable bonds is 3. The van der Waals surface area contributed by atoms with Gasteiger partial charge in [-0.1, -0.05) is 60.7 Å². The maximum absolute atomic E-state index is 11.9. The molecule has 0 aliphatic carbocycles. The first-order valence-electron chi connectivity index (χ1n) is 5.33. The third-order valence-corrected chi connectivity index (χ3v) is 2.78. The Morgan fingerprint density at radius 2 is 1.29 bits per heavy atom. The molecule has 0 aliphatic rings. The van der Waals surface area contributed by atoms with Gasteiger partial charge in [-0.3, -0.25) is 4.79 Å². The van der Waals surface area contributed by atoms with E-state index < -0.39 is 0 Å². The largest absolute Gasteiger partial charge is 0.289 e. The predicted molar refractivity (Wildman–Crippen MR) is 74.2 cm³/mol. The third-order valence-electron chi connectivity index (χ3n) is 2.40. The normalized spacial score (nSPS) is 11.2. The van der Waals surface area contributed by atoms with E-state index in [1.165, 1.54) is 0 Å². The molecule has 84 valence electrons. The Hall–Kier alpha value is -1.80. The topological polar surface area (TPSA) is 17.1 Å². The highest BCUT2D eigenvalue weighted by Crippen LogP contribution is 2.18. The first-order chi connectivity index (χ1) is 8.27. The summed E-state index contributed by atoms with van der Waals surface area (Å²) in [5, 5.41) is 0. The minimum absolute atomic E-state index is 0.0283. The molecule has 0 amide bonds. The van der Waals surface area contributed by atoms with Gasteiger partial charge in [-0.2, -0.15) is 0 Å². The van der Waals surface area contributed by atoms with E-state index in [4.69, 9.17) is 0 Å². The average molecular weight is 240 g/mol. The molecule has 0 spiro atoms. The molecule has 2 aromatic rings. The molecule has 0 unspecified atom stereocenters. The van der Waals surface area contributed by atoms with E-state index in [-0.39, 0.29) is 5.78 Å². The van der Waals surface area contributed by atoms with E-state index in [1.54, 1.807) is 18.2 Å². The summed E-state index contributed by atoms with van der Waals surface area (Å²) in [4.78, 5) is 12.6. The lowest BCUT2D eigenvalue weighted by Crippen LogP contribution is -1.94. The summed E-state index contributed by atoms with van der Waals surface area (Å²) in [5.41, 5.74) is 1.62. The highest BCUT2D eigenvalue weighted by atomic mass is 32.1. The van der Waals surface area contributed by atoms with Crippen LogP contribution in [0.5, 0.6) is 0 Å². The van der Waals surface area contributed by atoms with Gasteiger partial charge in [0.1, 0.15) is 0 Å². The van der Waals surface area contributed by atoms with E-state index in [0.29, 0.717) is 10.5 Å². The van der Waals surface area contributed by atoms with Crippen molar-refractivity contribution in [2.24, 2.45) is 0 Å². The minimum Gasteiger partial charge on any atom is -0.289 e. The Labute approximate surface area is 106 Å². The fraction of sp³-hybridized carbons (Fsp3) is 0. The van der Waals surface area contributed by atoms with Crippen LogP contribution in [-0.4, -0.2) is 5.78 Å². The molecule has 0 N–H and O–H groups in total. The van der Waals surface area contributed by atoms with Crippen LogP contribution in [0.2, 0.25) is 0 Å². The fourth-order valence-electron chi connectivity index (χ4n) is 1.50. The van der Waals surface area contributed by atoms with Crippen molar-refractivity contribution in [3.63, 3.8) is 0 Å². The first-order valence-corrected chi connectivity index (χ1v) is 5.77. The van der Waals surface area contributed by atoms with Crippen molar-refractivity contribution >= 4 is 23.3 Å². The van der Waals surface area contributed by atoms with E-state index in [1.807, 2.05) is 48.5 Å². The lowest BCUT2D eigenvalue weighted by Gasteiger charge is -2.00. The molecule has 0 bridgehead atoms. The van der Waals surface area contributed by atoms with Crippen LogP contribution < -0.4 is 0 Å². The van der Waals surface area contributed by atoms with Gasteiger partial charge in [-0.25, -0.2) is 0 Å². The monoisotopic (exact) mass is 240 g/mol. The van der Waals surface area contributed by atoms with Crippen LogP contribution in [0.15, 0.2) is 66.7 Å². The summed E-state index contributed by atoms with van der Waals surface area (Å²) in [6.07, 6.45) is 1.55. The van der Waals surface area contributed by atoms with Gasteiger partial charge < -0.3 is 0 Å². The SMILES string of the molecule is O=C(/C=C(/S)c1ccccc1)c1ccccc1. The zero-order chi connectivity index (χ0) is 12.1. The van der Waals surface area contributed by atoms with Crippen LogP contribution in [0.4, 0.5) is 0 Å². The summed E-state index contributed by atoms with van der Waals surface area (Å²) in [6, 6.07) is 18.8. The quantitative estimate of drug-likeness (QED) is 0.490. The van der Waals surface area contributed by atoms with E-state index >= 15 is 0 Å². The van der Waals surface area contributed by atoms with Gasteiger partial charge in [-0.15, -0.1) is 12.6 Å². The summed E-state index contributed by atoms with van der Waals surface area (Å²) >= 11 is 4.35. The lowest BCUT2D eigenvalue weighted by molar-refractivity contribution is 0.104. The predicted octanol–water partition coefficient (Wildman–Crippen LogP) is 3.84. The van der Waals surface area contributed by atoms with Gasteiger partial charge >= 0.3 is 0 Å². The summed E-state index contributed by atoms with van der Waals surface area (Å²) in [6.45, 7) is 0. The van der Waals surface area contributed by atoms with Gasteiger partial charge in [0.05, 0.1) is 0 Å². The van der Waals surface area contributed by atoms with Crippen molar-refractivity contribution in [3.8, 4) is 0 Å². The Bertz CT molecular complexity index is 529. The average Bonchev–Trinajstić information content (AvgIpc) is 2.40. The van der Waals surface area contributed by atoms with Crippen molar-refractivity contribution in [3.05, 3.63) is 77.9 Å². The number of hydrogen-bond acceptors (Lipinski definition) is 2. The van der Waals surface area contributed by atoms with Crippen LogP contribution >= 0.6 is 12.6 Å². The smallest absolute Gasteiger partial charge is 0.186 e. The second-order valence-corrected chi connectivity index (χ2v) is 4.11. The Morgan fingerprint density at radius 3 is 1.82 bits per heavy atom.